The van der Waals surface area contributed by atoms with Crippen molar-refractivity contribution in [3.63, 3.8) is 0 Å². The molecule has 1 aromatic heterocycles. The van der Waals surface area contributed by atoms with Gasteiger partial charge in [-0.2, -0.15) is 5.10 Å². The Morgan fingerprint density at radius 2 is 2.08 bits per heavy atom. The Hall–Kier alpha value is -2.67. The number of aromatic nitrogens is 2. The number of anilines is 1. The van der Waals surface area contributed by atoms with Gasteiger partial charge in [0, 0.05) is 36.6 Å². The third kappa shape index (κ3) is 3.99. The molecule has 7 nitrogen and oxygen atoms in total. The third-order valence-corrected chi connectivity index (χ3v) is 3.70. The molecule has 1 atom stereocenters. The summed E-state index contributed by atoms with van der Waals surface area (Å²) in [6, 6.07) is 4.73. The number of carbonyl (C=O) groups is 2. The number of rotatable bonds is 6. The van der Waals surface area contributed by atoms with E-state index in [9.17, 15) is 9.59 Å². The Morgan fingerprint density at radius 3 is 2.67 bits per heavy atom. The van der Waals surface area contributed by atoms with Gasteiger partial charge in [-0.15, -0.1) is 0 Å². The van der Waals surface area contributed by atoms with E-state index < -0.39 is 6.04 Å². The molecule has 1 heterocycles. The second-order valence-corrected chi connectivity index (χ2v) is 5.55. The zero-order chi connectivity index (χ0) is 17.7. The molecule has 2 amide bonds. The summed E-state index contributed by atoms with van der Waals surface area (Å²) in [5.41, 5.74) is 2.79. The van der Waals surface area contributed by atoms with E-state index in [1.807, 2.05) is 19.9 Å². The van der Waals surface area contributed by atoms with Crippen molar-refractivity contribution in [2.75, 3.05) is 18.9 Å². The first kappa shape index (κ1) is 17.7. The Kier molecular flexibility index (Phi) is 5.70. The van der Waals surface area contributed by atoms with E-state index in [1.54, 1.807) is 43.3 Å². The number of likely N-dealkylation sites (N-methyl/N-ethyl adjacent to an activating group) is 1. The van der Waals surface area contributed by atoms with Crippen molar-refractivity contribution >= 4 is 17.5 Å². The van der Waals surface area contributed by atoms with E-state index in [4.69, 9.17) is 0 Å². The van der Waals surface area contributed by atoms with E-state index >= 15 is 0 Å². The van der Waals surface area contributed by atoms with Crippen LogP contribution in [0.3, 0.4) is 0 Å². The van der Waals surface area contributed by atoms with Crippen LogP contribution in [0.4, 0.5) is 5.69 Å². The largest absolute Gasteiger partial charge is 0.352 e. The predicted molar refractivity (Wildman–Crippen MR) is 92.8 cm³/mol. The van der Waals surface area contributed by atoms with E-state index in [1.165, 1.54) is 0 Å². The maximum atomic E-state index is 12.6. The summed E-state index contributed by atoms with van der Waals surface area (Å²) in [6.07, 6.45) is 3.44. The van der Waals surface area contributed by atoms with E-state index in [-0.39, 0.29) is 11.8 Å². The van der Waals surface area contributed by atoms with Gasteiger partial charge in [-0.3, -0.25) is 14.3 Å². The minimum Gasteiger partial charge on any atom is -0.352 e. The van der Waals surface area contributed by atoms with Gasteiger partial charge in [0.05, 0.1) is 6.20 Å². The second kappa shape index (κ2) is 7.74. The van der Waals surface area contributed by atoms with Gasteiger partial charge in [-0.05, 0) is 38.6 Å². The molecule has 1 unspecified atom stereocenters. The van der Waals surface area contributed by atoms with Gasteiger partial charge in [0.1, 0.15) is 6.04 Å². The van der Waals surface area contributed by atoms with Crippen LogP contribution >= 0.6 is 0 Å². The van der Waals surface area contributed by atoms with Gasteiger partial charge in [-0.25, -0.2) is 0 Å². The summed E-state index contributed by atoms with van der Waals surface area (Å²) in [7, 11) is 3.52. The zero-order valence-electron chi connectivity index (χ0n) is 14.4. The van der Waals surface area contributed by atoms with Crippen LogP contribution in [-0.2, 0) is 11.8 Å². The quantitative estimate of drug-likeness (QED) is 0.747. The van der Waals surface area contributed by atoms with Crippen LogP contribution in [0.25, 0.3) is 0 Å². The number of hydrogen-bond acceptors (Lipinski definition) is 4. The molecule has 0 fully saturated rings. The van der Waals surface area contributed by atoms with Crippen molar-refractivity contribution in [1.82, 2.24) is 20.4 Å². The summed E-state index contributed by atoms with van der Waals surface area (Å²) >= 11 is 0. The molecule has 0 aliphatic carbocycles. The van der Waals surface area contributed by atoms with Gasteiger partial charge in [-0.1, -0.05) is 6.07 Å². The fraction of sp³-hybridized carbons (Fsp3) is 0.353. The first-order valence-corrected chi connectivity index (χ1v) is 7.81. The topological polar surface area (TPSA) is 88.1 Å². The van der Waals surface area contributed by atoms with Crippen LogP contribution in [0, 0.1) is 6.92 Å². The molecule has 128 valence electrons. The molecule has 0 aliphatic rings. The molecule has 24 heavy (non-hydrogen) atoms. The highest BCUT2D eigenvalue weighted by molar-refractivity contribution is 5.99. The molecule has 2 rings (SSSR count). The van der Waals surface area contributed by atoms with Gasteiger partial charge in [0.2, 0.25) is 5.91 Å². The number of aryl methyl sites for hydroxylation is 2. The van der Waals surface area contributed by atoms with Gasteiger partial charge in [0.15, 0.2) is 0 Å². The fourth-order valence-corrected chi connectivity index (χ4v) is 2.40. The Bertz CT molecular complexity index is 738. The number of carbonyl (C=O) groups excluding carboxylic acids is 2. The molecular formula is C17H23N5O2. The standard InChI is InChI=1S/C17H23N5O2/c1-5-19-16(23)12-7-6-11(2)14(8-12)21-17(24)15(18-3)13-9-20-22(4)10-13/h6-10,15,18H,5H2,1-4H3,(H,19,23)(H,21,24). The first-order chi connectivity index (χ1) is 11.5. The average molecular weight is 329 g/mol. The molecule has 0 saturated carbocycles. The molecule has 1 aromatic carbocycles. The van der Waals surface area contributed by atoms with Crippen LogP contribution in [0.1, 0.15) is 34.5 Å². The smallest absolute Gasteiger partial charge is 0.251 e. The lowest BCUT2D eigenvalue weighted by atomic mass is 10.1. The summed E-state index contributed by atoms with van der Waals surface area (Å²) in [5.74, 6) is -0.368. The lowest BCUT2D eigenvalue weighted by Crippen LogP contribution is -2.30. The molecule has 0 bridgehead atoms. The SMILES string of the molecule is CCNC(=O)c1ccc(C)c(NC(=O)C(NC)c2cnn(C)c2)c1. The summed E-state index contributed by atoms with van der Waals surface area (Å²) < 4.78 is 1.65. The van der Waals surface area contributed by atoms with Crippen molar-refractivity contribution < 1.29 is 9.59 Å². The maximum absolute atomic E-state index is 12.6. The van der Waals surface area contributed by atoms with Crippen LogP contribution in [0.2, 0.25) is 0 Å². The molecule has 3 N–H and O–H groups in total. The maximum Gasteiger partial charge on any atom is 0.251 e. The van der Waals surface area contributed by atoms with Crippen molar-refractivity contribution in [3.05, 3.63) is 47.3 Å². The molecule has 7 heteroatoms. The van der Waals surface area contributed by atoms with E-state index in [0.29, 0.717) is 17.8 Å². The van der Waals surface area contributed by atoms with Crippen molar-refractivity contribution in [2.24, 2.45) is 7.05 Å². The molecule has 2 aromatic rings. The Labute approximate surface area is 141 Å². The van der Waals surface area contributed by atoms with Crippen molar-refractivity contribution in [2.45, 2.75) is 19.9 Å². The normalized spacial score (nSPS) is 11.8. The lowest BCUT2D eigenvalue weighted by molar-refractivity contribution is -0.118. The zero-order valence-corrected chi connectivity index (χ0v) is 14.4. The summed E-state index contributed by atoms with van der Waals surface area (Å²) in [5, 5.41) is 12.7. The number of amides is 2. The average Bonchev–Trinajstić information content (AvgIpc) is 2.96. The van der Waals surface area contributed by atoms with Crippen LogP contribution in [0.5, 0.6) is 0 Å². The second-order valence-electron chi connectivity index (χ2n) is 5.55. The summed E-state index contributed by atoms with van der Waals surface area (Å²) in [6.45, 7) is 4.30. The Morgan fingerprint density at radius 1 is 1.33 bits per heavy atom. The van der Waals surface area contributed by atoms with Gasteiger partial charge < -0.3 is 16.0 Å². The van der Waals surface area contributed by atoms with Crippen LogP contribution in [-0.4, -0.2) is 35.2 Å². The highest BCUT2D eigenvalue weighted by Gasteiger charge is 2.21. The minimum absolute atomic E-state index is 0.162. The fourth-order valence-electron chi connectivity index (χ4n) is 2.40. The molecule has 0 aliphatic heterocycles. The van der Waals surface area contributed by atoms with Gasteiger partial charge >= 0.3 is 0 Å². The van der Waals surface area contributed by atoms with E-state index in [0.717, 1.165) is 11.1 Å². The predicted octanol–water partition coefficient (Wildman–Crippen LogP) is 1.38. The minimum atomic E-state index is -0.522. The highest BCUT2D eigenvalue weighted by atomic mass is 16.2. The molecule has 0 spiro atoms. The molecule has 0 radical (unpaired) electrons. The first-order valence-electron chi connectivity index (χ1n) is 7.81. The number of hydrogen-bond donors (Lipinski definition) is 3. The Balaban J connectivity index is 2.21. The van der Waals surface area contributed by atoms with Gasteiger partial charge in [0.25, 0.3) is 5.91 Å². The number of benzene rings is 1. The van der Waals surface area contributed by atoms with Crippen LogP contribution < -0.4 is 16.0 Å². The van der Waals surface area contributed by atoms with Crippen LogP contribution in [0.15, 0.2) is 30.6 Å². The van der Waals surface area contributed by atoms with Crippen molar-refractivity contribution in [3.8, 4) is 0 Å². The van der Waals surface area contributed by atoms with E-state index in [2.05, 4.69) is 21.0 Å². The highest BCUT2D eigenvalue weighted by Crippen LogP contribution is 2.20. The third-order valence-electron chi connectivity index (χ3n) is 3.70. The molecule has 0 saturated heterocycles. The number of nitrogens with one attached hydrogen (secondary N) is 3. The summed E-state index contributed by atoms with van der Waals surface area (Å²) in [4.78, 5) is 24.6. The number of nitrogens with zero attached hydrogens (tertiary/aromatic N) is 2. The lowest BCUT2D eigenvalue weighted by Gasteiger charge is -2.16. The van der Waals surface area contributed by atoms with Crippen molar-refractivity contribution in [1.29, 1.82) is 0 Å². The monoisotopic (exact) mass is 329 g/mol. The molecular weight excluding hydrogens is 306 g/mol.